The van der Waals surface area contributed by atoms with Crippen LogP contribution in [0.15, 0.2) is 69.3 Å². The molecule has 3 aromatic rings. The molecule has 13 heteroatoms. The molecule has 1 atom stereocenters. The molecule has 0 radical (unpaired) electrons. The van der Waals surface area contributed by atoms with Crippen molar-refractivity contribution >= 4 is 47.3 Å². The van der Waals surface area contributed by atoms with Crippen LogP contribution in [-0.4, -0.2) is 44.4 Å². The first kappa shape index (κ1) is 29.5. The second-order valence-corrected chi connectivity index (χ2v) is 9.45. The number of benzene rings is 2. The number of urea groups is 1. The molecule has 11 nitrogen and oxygen atoms in total. The van der Waals surface area contributed by atoms with Crippen molar-refractivity contribution < 1.29 is 33.0 Å². The van der Waals surface area contributed by atoms with Crippen LogP contribution in [0, 0.1) is 0 Å². The van der Waals surface area contributed by atoms with Gasteiger partial charge in [0.25, 0.3) is 5.91 Å². The van der Waals surface area contributed by atoms with Gasteiger partial charge < -0.3 is 29.3 Å². The van der Waals surface area contributed by atoms with E-state index in [0.29, 0.717) is 38.4 Å². The molecule has 0 aliphatic carbocycles. The third-order valence-corrected chi connectivity index (χ3v) is 6.41. The largest absolute Gasteiger partial charge is 0.493 e. The number of hydrogen-bond donors (Lipinski definition) is 3. The average molecular weight is 601 g/mol. The lowest BCUT2D eigenvalue weighted by molar-refractivity contribution is -0.139. The Labute approximate surface area is 245 Å². The Kier molecular flexibility index (Phi) is 9.53. The van der Waals surface area contributed by atoms with Gasteiger partial charge in [-0.05, 0) is 61.9 Å². The number of esters is 1. The maximum Gasteiger partial charge on any atom is 0.338 e. The predicted molar refractivity (Wildman–Crippen MR) is 152 cm³/mol. The summed E-state index contributed by atoms with van der Waals surface area (Å²) in [6.45, 7) is 3.12. The Hall–Kier alpha value is -4.48. The van der Waals surface area contributed by atoms with E-state index in [4.69, 9.17) is 41.8 Å². The summed E-state index contributed by atoms with van der Waals surface area (Å²) in [5.74, 6) is 0.335. The highest BCUT2D eigenvalue weighted by Crippen LogP contribution is 2.35. The van der Waals surface area contributed by atoms with Gasteiger partial charge in [-0.2, -0.15) is 5.10 Å². The normalized spacial score (nSPS) is 14.9. The van der Waals surface area contributed by atoms with Gasteiger partial charge in [0.05, 0.1) is 36.6 Å². The lowest BCUT2D eigenvalue weighted by Gasteiger charge is -2.28. The van der Waals surface area contributed by atoms with Crippen molar-refractivity contribution in [2.24, 2.45) is 5.10 Å². The predicted octanol–water partition coefficient (Wildman–Crippen LogP) is 4.98. The fourth-order valence-electron chi connectivity index (χ4n) is 4.00. The second kappa shape index (κ2) is 13.2. The maximum absolute atomic E-state index is 12.6. The van der Waals surface area contributed by atoms with Crippen LogP contribution in [0.4, 0.5) is 4.79 Å². The van der Waals surface area contributed by atoms with E-state index in [1.165, 1.54) is 13.3 Å². The average Bonchev–Trinajstić information content (AvgIpc) is 3.41. The molecule has 1 aliphatic heterocycles. The highest BCUT2D eigenvalue weighted by molar-refractivity contribution is 6.35. The SMILES string of the molecule is CCOC(=O)C1=C(C)NC(=O)N[C@@H]1c1ccc(OCC(=O)N/N=C\c2ccc(-c3cc(Cl)ccc3Cl)o2)c(OC)c1. The Balaban J connectivity index is 1.38. The van der Waals surface area contributed by atoms with E-state index in [1.54, 1.807) is 62.4 Å². The van der Waals surface area contributed by atoms with Crippen LogP contribution in [-0.2, 0) is 14.3 Å². The summed E-state index contributed by atoms with van der Waals surface area (Å²) in [5.41, 5.74) is 4.18. The van der Waals surface area contributed by atoms with Crippen LogP contribution < -0.4 is 25.5 Å². The van der Waals surface area contributed by atoms with E-state index in [1.807, 2.05) is 0 Å². The molecule has 4 rings (SSSR count). The number of halogens is 2. The molecule has 1 aromatic heterocycles. The van der Waals surface area contributed by atoms with Crippen molar-refractivity contribution in [3.63, 3.8) is 0 Å². The third kappa shape index (κ3) is 7.19. The molecular weight excluding hydrogens is 575 g/mol. The van der Waals surface area contributed by atoms with Crippen LogP contribution in [0.3, 0.4) is 0 Å². The Morgan fingerprint density at radius 3 is 2.68 bits per heavy atom. The molecular formula is C28H26Cl2N4O7. The molecule has 0 fully saturated rings. The lowest BCUT2D eigenvalue weighted by atomic mass is 9.95. The number of hydrazone groups is 1. The van der Waals surface area contributed by atoms with Gasteiger partial charge in [0.2, 0.25) is 0 Å². The number of nitrogens with one attached hydrogen (secondary N) is 3. The van der Waals surface area contributed by atoms with Gasteiger partial charge in [-0.3, -0.25) is 4.79 Å². The quantitative estimate of drug-likeness (QED) is 0.169. The smallest absolute Gasteiger partial charge is 0.338 e. The first-order chi connectivity index (χ1) is 19.7. The molecule has 2 heterocycles. The van der Waals surface area contributed by atoms with Crippen LogP contribution in [0.25, 0.3) is 11.3 Å². The zero-order chi connectivity index (χ0) is 29.5. The molecule has 2 aromatic carbocycles. The number of hydrogen-bond acceptors (Lipinski definition) is 8. The summed E-state index contributed by atoms with van der Waals surface area (Å²) in [4.78, 5) is 37.0. The number of carbonyl (C=O) groups excluding carboxylic acids is 3. The summed E-state index contributed by atoms with van der Waals surface area (Å²) < 4.78 is 21.9. The highest BCUT2D eigenvalue weighted by atomic mass is 35.5. The van der Waals surface area contributed by atoms with Gasteiger partial charge in [-0.25, -0.2) is 15.0 Å². The summed E-state index contributed by atoms with van der Waals surface area (Å²) in [6.07, 6.45) is 1.33. The van der Waals surface area contributed by atoms with Crippen molar-refractivity contribution in [1.29, 1.82) is 0 Å². The Morgan fingerprint density at radius 1 is 1.12 bits per heavy atom. The summed E-state index contributed by atoms with van der Waals surface area (Å²) >= 11 is 12.2. The maximum atomic E-state index is 12.6. The van der Waals surface area contributed by atoms with Crippen molar-refractivity contribution in [3.8, 4) is 22.8 Å². The zero-order valence-electron chi connectivity index (χ0n) is 22.2. The number of amides is 3. The van der Waals surface area contributed by atoms with E-state index in [9.17, 15) is 14.4 Å². The highest BCUT2D eigenvalue weighted by Gasteiger charge is 2.32. The van der Waals surface area contributed by atoms with Crippen LogP contribution >= 0.6 is 23.2 Å². The summed E-state index contributed by atoms with van der Waals surface area (Å²) in [6, 6.07) is 12.0. The molecule has 0 spiro atoms. The molecule has 3 N–H and O–H groups in total. The molecule has 0 unspecified atom stereocenters. The van der Waals surface area contributed by atoms with Gasteiger partial charge in [0.1, 0.15) is 11.5 Å². The lowest BCUT2D eigenvalue weighted by Crippen LogP contribution is -2.45. The monoisotopic (exact) mass is 600 g/mol. The number of rotatable bonds is 10. The molecule has 41 heavy (non-hydrogen) atoms. The molecule has 3 amide bonds. The van der Waals surface area contributed by atoms with Gasteiger partial charge >= 0.3 is 12.0 Å². The van der Waals surface area contributed by atoms with Gasteiger partial charge in [0.15, 0.2) is 18.1 Å². The van der Waals surface area contributed by atoms with Crippen LogP contribution in [0.1, 0.15) is 31.2 Å². The fraction of sp³-hybridized carbons (Fsp3) is 0.214. The van der Waals surface area contributed by atoms with E-state index in [-0.39, 0.29) is 30.3 Å². The Morgan fingerprint density at radius 2 is 1.93 bits per heavy atom. The minimum absolute atomic E-state index is 0.179. The first-order valence-electron chi connectivity index (χ1n) is 12.3. The van der Waals surface area contributed by atoms with Crippen LogP contribution in [0.5, 0.6) is 11.5 Å². The number of allylic oxidation sites excluding steroid dienone is 1. The third-order valence-electron chi connectivity index (χ3n) is 5.85. The second-order valence-electron chi connectivity index (χ2n) is 8.61. The number of ether oxygens (including phenoxy) is 3. The number of carbonyl (C=O) groups is 3. The molecule has 1 aliphatic rings. The van der Waals surface area contributed by atoms with Gasteiger partial charge in [-0.15, -0.1) is 0 Å². The van der Waals surface area contributed by atoms with E-state index in [0.717, 1.165) is 0 Å². The van der Waals surface area contributed by atoms with Crippen molar-refractivity contribution in [2.45, 2.75) is 19.9 Å². The summed E-state index contributed by atoms with van der Waals surface area (Å²) in [5, 5.41) is 10.2. The van der Waals surface area contributed by atoms with Crippen molar-refractivity contribution in [2.75, 3.05) is 20.3 Å². The number of methoxy groups -OCH3 is 1. The van der Waals surface area contributed by atoms with Crippen LogP contribution in [0.2, 0.25) is 10.0 Å². The molecule has 0 saturated carbocycles. The van der Waals surface area contributed by atoms with Crippen molar-refractivity contribution in [1.82, 2.24) is 16.1 Å². The number of nitrogens with zero attached hydrogens (tertiary/aromatic N) is 1. The summed E-state index contributed by atoms with van der Waals surface area (Å²) in [7, 11) is 1.43. The molecule has 0 saturated heterocycles. The minimum Gasteiger partial charge on any atom is -0.493 e. The van der Waals surface area contributed by atoms with Gasteiger partial charge in [-0.1, -0.05) is 29.3 Å². The van der Waals surface area contributed by atoms with E-state index >= 15 is 0 Å². The van der Waals surface area contributed by atoms with E-state index < -0.39 is 23.9 Å². The van der Waals surface area contributed by atoms with E-state index in [2.05, 4.69) is 21.2 Å². The minimum atomic E-state index is -0.777. The standard InChI is InChI=1S/C28H26Cl2N4O7/c1-4-39-27(36)25-15(2)32-28(37)33-26(25)16-5-9-22(23(11-16)38-3)40-14-24(35)34-31-13-18-7-10-21(41-18)19-12-17(29)6-8-20(19)30/h5-13,26H,4,14H2,1-3H3,(H,34,35)(H2,32,33,37)/b31-13-/t26-/m1/s1. The molecule has 214 valence electrons. The van der Waals surface area contributed by atoms with Gasteiger partial charge in [0, 0.05) is 16.3 Å². The first-order valence-corrected chi connectivity index (χ1v) is 13.1. The topological polar surface area (TPSA) is 140 Å². The Bertz CT molecular complexity index is 1530. The number of furan rings is 1. The zero-order valence-corrected chi connectivity index (χ0v) is 23.8. The van der Waals surface area contributed by atoms with Crippen molar-refractivity contribution in [3.05, 3.63) is 81.2 Å². The fourth-order valence-corrected chi connectivity index (χ4v) is 4.39. The molecule has 0 bridgehead atoms.